The second-order valence-corrected chi connectivity index (χ2v) is 7.97. The van der Waals surface area contributed by atoms with E-state index in [0.717, 1.165) is 6.07 Å². The summed E-state index contributed by atoms with van der Waals surface area (Å²) in [6.07, 6.45) is -9.69. The van der Waals surface area contributed by atoms with Gasteiger partial charge in [-0.2, -0.15) is 57.1 Å². The zero-order valence-electron chi connectivity index (χ0n) is 17.7. The molecule has 2 aromatic rings. The molecular formula is C21H18F13N. The van der Waals surface area contributed by atoms with Gasteiger partial charge in [-0.15, -0.1) is 0 Å². The van der Waals surface area contributed by atoms with E-state index in [4.69, 9.17) is 0 Å². The molecule has 1 heterocycles. The topological polar surface area (TPSA) is 12.9 Å². The van der Waals surface area contributed by atoms with Crippen molar-refractivity contribution in [2.45, 2.75) is 74.3 Å². The van der Waals surface area contributed by atoms with Gasteiger partial charge in [0, 0.05) is 23.4 Å². The third-order valence-electron chi connectivity index (χ3n) is 5.45. The number of hydrogen-bond donors (Lipinski definition) is 0. The summed E-state index contributed by atoms with van der Waals surface area (Å²) in [5.74, 6) is -38.6. The highest BCUT2D eigenvalue weighted by Crippen LogP contribution is 2.61. The van der Waals surface area contributed by atoms with Crippen LogP contribution in [0.1, 0.15) is 44.2 Å². The quantitative estimate of drug-likeness (QED) is 0.280. The molecule has 0 spiro atoms. The Morgan fingerprint density at radius 3 is 1.77 bits per heavy atom. The van der Waals surface area contributed by atoms with E-state index in [9.17, 15) is 57.1 Å². The average Bonchev–Trinajstić information content (AvgIpc) is 2.74. The molecule has 0 bridgehead atoms. The number of rotatable bonds is 10. The van der Waals surface area contributed by atoms with Crippen LogP contribution < -0.4 is 0 Å². The van der Waals surface area contributed by atoms with E-state index in [2.05, 4.69) is 4.98 Å². The number of halogens is 13. The van der Waals surface area contributed by atoms with Crippen molar-refractivity contribution >= 4 is 10.9 Å². The third kappa shape index (κ3) is 4.89. The Balaban J connectivity index is 2.50. The zero-order valence-corrected chi connectivity index (χ0v) is 17.7. The molecule has 0 N–H and O–H groups in total. The van der Waals surface area contributed by atoms with Gasteiger partial charge >= 0.3 is 35.8 Å². The van der Waals surface area contributed by atoms with Crippen LogP contribution in [0, 0.1) is 0 Å². The largest absolute Gasteiger partial charge is 0.460 e. The maximum absolute atomic E-state index is 14.5. The second-order valence-electron chi connectivity index (χ2n) is 7.97. The van der Waals surface area contributed by atoms with Crippen molar-refractivity contribution in [2.75, 3.05) is 0 Å². The zero-order chi connectivity index (χ0) is 27.1. The fourth-order valence-electron chi connectivity index (χ4n) is 3.35. The van der Waals surface area contributed by atoms with Crippen LogP contribution in [0.25, 0.3) is 10.9 Å². The van der Waals surface area contributed by atoms with Crippen LogP contribution in [0.5, 0.6) is 0 Å². The first-order valence-corrected chi connectivity index (χ1v) is 10.1. The minimum absolute atomic E-state index is 0.0690. The van der Waals surface area contributed by atoms with Crippen LogP contribution in [0.4, 0.5) is 57.1 Å². The Labute approximate surface area is 190 Å². The molecule has 1 aromatic heterocycles. The Bertz CT molecular complexity index is 1010. The fourth-order valence-corrected chi connectivity index (χ4v) is 3.35. The van der Waals surface area contributed by atoms with Gasteiger partial charge in [0.2, 0.25) is 0 Å². The molecule has 1 nitrogen and oxygen atoms in total. The fraction of sp³-hybridized carbons (Fsp3) is 0.571. The predicted octanol–water partition coefficient (Wildman–Crippen LogP) is 8.64. The Morgan fingerprint density at radius 2 is 1.23 bits per heavy atom. The van der Waals surface area contributed by atoms with Gasteiger partial charge in [-0.1, -0.05) is 44.0 Å². The van der Waals surface area contributed by atoms with Gasteiger partial charge in [0.15, 0.2) is 0 Å². The third-order valence-corrected chi connectivity index (χ3v) is 5.45. The first kappa shape index (κ1) is 29.0. The Morgan fingerprint density at radius 1 is 0.686 bits per heavy atom. The molecule has 198 valence electrons. The van der Waals surface area contributed by atoms with Gasteiger partial charge in [-0.05, 0) is 18.6 Å². The monoisotopic (exact) mass is 531 g/mol. The van der Waals surface area contributed by atoms with Gasteiger partial charge in [-0.25, -0.2) is 0 Å². The number of pyridine rings is 1. The highest BCUT2D eigenvalue weighted by molar-refractivity contribution is 5.78. The maximum atomic E-state index is 14.5. The lowest BCUT2D eigenvalue weighted by Crippen LogP contribution is -2.70. The molecule has 1 aromatic carbocycles. The van der Waals surface area contributed by atoms with Crippen LogP contribution in [0.15, 0.2) is 36.4 Å². The molecule has 35 heavy (non-hydrogen) atoms. The van der Waals surface area contributed by atoms with Crippen LogP contribution in [-0.2, 0) is 0 Å². The second kappa shape index (κ2) is 9.30. The predicted molar refractivity (Wildman–Crippen MR) is 99.4 cm³/mol. The SMILES string of the molecule is CCCCC(CC(F)(F)C(F)(F)C(F)(F)C(F)(F)C(F)(F)C(F)(F)F)c1ccc2ccccc2n1. The molecule has 0 aliphatic carbocycles. The number of nitrogens with zero attached hydrogens (tertiary/aromatic N) is 1. The molecule has 0 fully saturated rings. The average molecular weight is 531 g/mol. The van der Waals surface area contributed by atoms with Gasteiger partial charge in [0.1, 0.15) is 0 Å². The summed E-state index contributed by atoms with van der Waals surface area (Å²) in [4.78, 5) is 3.99. The van der Waals surface area contributed by atoms with E-state index < -0.39 is 48.1 Å². The van der Waals surface area contributed by atoms with Gasteiger partial charge < -0.3 is 0 Å². The molecule has 1 unspecified atom stereocenters. The van der Waals surface area contributed by atoms with Crippen molar-refractivity contribution in [3.05, 3.63) is 42.1 Å². The number of hydrogen-bond acceptors (Lipinski definition) is 1. The Hall–Kier alpha value is -2.28. The summed E-state index contributed by atoms with van der Waals surface area (Å²) < 4.78 is 175. The van der Waals surface area contributed by atoms with Crippen molar-refractivity contribution in [1.29, 1.82) is 0 Å². The van der Waals surface area contributed by atoms with Crippen molar-refractivity contribution in [3.8, 4) is 0 Å². The number of alkyl halides is 13. The molecule has 0 amide bonds. The molecule has 2 rings (SSSR count). The van der Waals surface area contributed by atoms with Gasteiger partial charge in [0.25, 0.3) is 0 Å². The number of para-hydroxylation sites is 1. The normalized spacial score (nSPS) is 15.5. The summed E-state index contributed by atoms with van der Waals surface area (Å²) in [6, 6.07) is 8.51. The molecule has 0 saturated carbocycles. The summed E-state index contributed by atoms with van der Waals surface area (Å²) in [6.45, 7) is 1.56. The van der Waals surface area contributed by atoms with E-state index in [1.807, 2.05) is 0 Å². The Kier molecular flexibility index (Phi) is 7.70. The minimum Gasteiger partial charge on any atom is -0.253 e. The van der Waals surface area contributed by atoms with Crippen LogP contribution >= 0.6 is 0 Å². The summed E-state index contributed by atoms with van der Waals surface area (Å²) in [5.41, 5.74) is -0.105. The lowest BCUT2D eigenvalue weighted by Gasteiger charge is -2.40. The first-order valence-electron chi connectivity index (χ1n) is 10.1. The molecule has 0 aliphatic heterocycles. The molecular weight excluding hydrogens is 513 g/mol. The molecule has 14 heteroatoms. The smallest absolute Gasteiger partial charge is 0.253 e. The molecule has 0 radical (unpaired) electrons. The number of fused-ring (bicyclic) bond motifs is 1. The minimum atomic E-state index is -7.90. The van der Waals surface area contributed by atoms with E-state index in [-0.39, 0.29) is 24.1 Å². The lowest BCUT2D eigenvalue weighted by atomic mass is 9.85. The van der Waals surface area contributed by atoms with E-state index in [1.54, 1.807) is 19.1 Å². The summed E-state index contributed by atoms with van der Waals surface area (Å²) in [5, 5.41) is 0.489. The molecule has 0 aliphatic rings. The molecule has 0 saturated heterocycles. The highest BCUT2D eigenvalue weighted by Gasteiger charge is 2.90. The van der Waals surface area contributed by atoms with Gasteiger partial charge in [-0.3, -0.25) is 4.98 Å². The van der Waals surface area contributed by atoms with E-state index >= 15 is 0 Å². The number of benzene rings is 1. The highest BCUT2D eigenvalue weighted by atomic mass is 19.4. The van der Waals surface area contributed by atoms with Gasteiger partial charge in [0.05, 0.1) is 5.52 Å². The first-order chi connectivity index (χ1) is 15.7. The summed E-state index contributed by atoms with van der Waals surface area (Å²) >= 11 is 0. The standard InChI is InChI=1S/C21H18F13N/c1-2-3-6-13(15-10-9-12-7-4-5-8-14(12)35-15)11-16(22,23)17(24,25)18(26,27)19(28,29)20(30,31)21(32,33)34/h4-5,7-10,13H,2-3,6,11H2,1H3. The summed E-state index contributed by atoms with van der Waals surface area (Å²) in [7, 11) is 0. The number of unbranched alkanes of at least 4 members (excludes halogenated alkanes) is 1. The van der Waals surface area contributed by atoms with Crippen molar-refractivity contribution < 1.29 is 57.1 Å². The van der Waals surface area contributed by atoms with Crippen molar-refractivity contribution in [1.82, 2.24) is 4.98 Å². The van der Waals surface area contributed by atoms with Crippen molar-refractivity contribution in [3.63, 3.8) is 0 Å². The van der Waals surface area contributed by atoms with Crippen LogP contribution in [0.2, 0.25) is 0 Å². The van der Waals surface area contributed by atoms with E-state index in [0.29, 0.717) is 11.8 Å². The number of aromatic nitrogens is 1. The van der Waals surface area contributed by atoms with Crippen LogP contribution in [0.3, 0.4) is 0 Å². The lowest BCUT2D eigenvalue weighted by molar-refractivity contribution is -0.440. The molecule has 1 atom stereocenters. The van der Waals surface area contributed by atoms with E-state index in [1.165, 1.54) is 18.2 Å². The van der Waals surface area contributed by atoms with Crippen LogP contribution in [-0.4, -0.2) is 40.8 Å². The van der Waals surface area contributed by atoms with Crippen molar-refractivity contribution in [2.24, 2.45) is 0 Å². The maximum Gasteiger partial charge on any atom is 0.460 e.